The molecule has 0 spiro atoms. The van der Waals surface area contributed by atoms with Crippen LogP contribution in [-0.4, -0.2) is 19.7 Å². The van der Waals surface area contributed by atoms with Gasteiger partial charge in [-0.05, 0) is 55.8 Å². The van der Waals surface area contributed by atoms with Gasteiger partial charge in [0, 0.05) is 11.1 Å². The van der Waals surface area contributed by atoms with Gasteiger partial charge in [-0.15, -0.1) is 0 Å². The molecule has 1 fully saturated rings. The second-order valence-corrected chi connectivity index (χ2v) is 6.63. The van der Waals surface area contributed by atoms with Crippen molar-refractivity contribution < 1.29 is 4.74 Å². The number of hydrogen-bond donors (Lipinski definition) is 1. The highest BCUT2D eigenvalue weighted by atomic mass is 35.5. The molecule has 1 saturated carbocycles. The summed E-state index contributed by atoms with van der Waals surface area (Å²) in [6, 6.07) is 8.05. The molecule has 0 radical (unpaired) electrons. The Kier molecular flexibility index (Phi) is 5.74. The lowest BCUT2D eigenvalue weighted by Crippen LogP contribution is -2.41. The molecule has 0 bridgehead atoms. The molecule has 1 aromatic rings. The van der Waals surface area contributed by atoms with E-state index in [0.717, 1.165) is 22.6 Å². The lowest BCUT2D eigenvalue weighted by molar-refractivity contribution is 0.140. The largest absolute Gasteiger partial charge is 0.492 e. The van der Waals surface area contributed by atoms with E-state index in [1.165, 1.54) is 19.3 Å². The number of halogens is 1. The minimum absolute atomic E-state index is 0.420. The molecule has 3 heteroatoms. The van der Waals surface area contributed by atoms with Crippen molar-refractivity contribution in [1.29, 1.82) is 0 Å². The van der Waals surface area contributed by atoms with Crippen molar-refractivity contribution in [2.75, 3.05) is 13.7 Å². The molecule has 4 unspecified atom stereocenters. The molecule has 112 valence electrons. The first kappa shape index (κ1) is 15.7. The zero-order valence-corrected chi connectivity index (χ0v) is 13.5. The number of rotatable bonds is 5. The van der Waals surface area contributed by atoms with Gasteiger partial charge in [-0.2, -0.15) is 0 Å². The van der Waals surface area contributed by atoms with Gasteiger partial charge in [-0.25, -0.2) is 0 Å². The average Bonchev–Trinajstić information content (AvgIpc) is 2.43. The van der Waals surface area contributed by atoms with E-state index in [1.54, 1.807) is 0 Å². The second-order valence-electron chi connectivity index (χ2n) is 6.19. The van der Waals surface area contributed by atoms with Crippen molar-refractivity contribution in [2.45, 2.75) is 39.2 Å². The molecule has 2 nitrogen and oxygen atoms in total. The van der Waals surface area contributed by atoms with Crippen LogP contribution >= 0.6 is 11.6 Å². The van der Waals surface area contributed by atoms with Gasteiger partial charge >= 0.3 is 0 Å². The summed E-state index contributed by atoms with van der Waals surface area (Å²) in [6.45, 7) is 5.46. The van der Waals surface area contributed by atoms with E-state index < -0.39 is 0 Å². The number of nitrogens with one attached hydrogen (secondary N) is 1. The van der Waals surface area contributed by atoms with Gasteiger partial charge < -0.3 is 10.1 Å². The molecular formula is C17H26ClNO. The van der Waals surface area contributed by atoms with Gasteiger partial charge in [0.25, 0.3) is 0 Å². The highest BCUT2D eigenvalue weighted by molar-refractivity contribution is 6.30. The van der Waals surface area contributed by atoms with Crippen LogP contribution in [0.5, 0.6) is 5.75 Å². The quantitative estimate of drug-likeness (QED) is 0.870. The van der Waals surface area contributed by atoms with Gasteiger partial charge in [0.1, 0.15) is 12.4 Å². The summed E-state index contributed by atoms with van der Waals surface area (Å²) < 4.78 is 5.91. The van der Waals surface area contributed by atoms with Gasteiger partial charge in [0.05, 0.1) is 0 Å². The van der Waals surface area contributed by atoms with Crippen LogP contribution in [0.3, 0.4) is 0 Å². The molecule has 0 amide bonds. The van der Waals surface area contributed by atoms with E-state index in [9.17, 15) is 0 Å². The topological polar surface area (TPSA) is 21.3 Å². The number of likely N-dealkylation sites (N-methyl/N-ethyl adjacent to an activating group) is 1. The number of ether oxygens (including phenoxy) is 1. The zero-order valence-electron chi connectivity index (χ0n) is 12.7. The minimum Gasteiger partial charge on any atom is -0.492 e. The third-order valence-electron chi connectivity index (χ3n) is 4.80. The lowest BCUT2D eigenvalue weighted by Gasteiger charge is -2.36. The lowest BCUT2D eigenvalue weighted by atomic mass is 9.73. The normalized spacial score (nSPS) is 28.1. The molecule has 0 aromatic heterocycles. The maximum Gasteiger partial charge on any atom is 0.120 e. The van der Waals surface area contributed by atoms with Crippen LogP contribution in [0, 0.1) is 17.8 Å². The summed E-state index contributed by atoms with van der Waals surface area (Å²) in [6.07, 6.45) is 3.93. The predicted octanol–water partition coefficient (Wildman–Crippen LogP) is 4.38. The highest BCUT2D eigenvalue weighted by Crippen LogP contribution is 2.35. The standard InChI is InChI=1S/C17H26ClNO/c1-12-7-8-14(9-13(12)2)17(19-3)11-20-16-6-4-5-15(18)10-16/h4-6,10,12-14,17,19H,7-9,11H2,1-3H3. The third-order valence-corrected chi connectivity index (χ3v) is 5.04. The fourth-order valence-electron chi connectivity index (χ4n) is 3.15. The molecule has 1 aliphatic rings. The molecule has 0 aliphatic heterocycles. The van der Waals surface area contributed by atoms with E-state index in [0.29, 0.717) is 18.6 Å². The Bertz CT molecular complexity index is 423. The van der Waals surface area contributed by atoms with E-state index >= 15 is 0 Å². The fourth-order valence-corrected chi connectivity index (χ4v) is 3.33. The van der Waals surface area contributed by atoms with Gasteiger partial charge in [-0.3, -0.25) is 0 Å². The summed E-state index contributed by atoms with van der Waals surface area (Å²) in [7, 11) is 2.04. The molecule has 2 rings (SSSR count). The van der Waals surface area contributed by atoms with Crippen LogP contribution in [-0.2, 0) is 0 Å². The Morgan fingerprint density at radius 2 is 2.10 bits per heavy atom. The predicted molar refractivity (Wildman–Crippen MR) is 85.5 cm³/mol. The minimum atomic E-state index is 0.420. The Morgan fingerprint density at radius 3 is 2.75 bits per heavy atom. The van der Waals surface area contributed by atoms with Crippen LogP contribution in [0.2, 0.25) is 5.02 Å². The van der Waals surface area contributed by atoms with E-state index in [2.05, 4.69) is 19.2 Å². The summed E-state index contributed by atoms with van der Waals surface area (Å²) in [5, 5.41) is 4.16. The van der Waals surface area contributed by atoms with Gasteiger partial charge in [-0.1, -0.05) is 37.9 Å². The van der Waals surface area contributed by atoms with E-state index in [4.69, 9.17) is 16.3 Å². The van der Waals surface area contributed by atoms with Crippen LogP contribution in [0.15, 0.2) is 24.3 Å². The van der Waals surface area contributed by atoms with Crippen molar-refractivity contribution in [3.63, 3.8) is 0 Å². The van der Waals surface area contributed by atoms with Crippen LogP contribution < -0.4 is 10.1 Å². The second kappa shape index (κ2) is 7.33. The number of benzene rings is 1. The van der Waals surface area contributed by atoms with Gasteiger partial charge in [0.2, 0.25) is 0 Å². The van der Waals surface area contributed by atoms with E-state index in [-0.39, 0.29) is 0 Å². The fraction of sp³-hybridized carbons (Fsp3) is 0.647. The summed E-state index contributed by atoms with van der Waals surface area (Å²) in [5.74, 6) is 3.24. The summed E-state index contributed by atoms with van der Waals surface area (Å²) in [4.78, 5) is 0. The first-order valence-electron chi connectivity index (χ1n) is 7.65. The van der Waals surface area contributed by atoms with Crippen LogP contribution in [0.25, 0.3) is 0 Å². The van der Waals surface area contributed by atoms with Crippen molar-refractivity contribution in [3.05, 3.63) is 29.3 Å². The Hall–Kier alpha value is -0.730. The monoisotopic (exact) mass is 295 g/mol. The maximum atomic E-state index is 5.98. The Balaban J connectivity index is 1.89. The first-order valence-corrected chi connectivity index (χ1v) is 8.03. The van der Waals surface area contributed by atoms with Crippen LogP contribution in [0.1, 0.15) is 33.1 Å². The maximum absolute atomic E-state index is 5.98. The molecule has 20 heavy (non-hydrogen) atoms. The van der Waals surface area contributed by atoms with E-state index in [1.807, 2.05) is 31.3 Å². The SMILES string of the molecule is CNC(COc1cccc(Cl)c1)C1CCC(C)C(C)C1. The molecular weight excluding hydrogens is 270 g/mol. The molecule has 1 aliphatic carbocycles. The Morgan fingerprint density at radius 1 is 1.30 bits per heavy atom. The molecule has 4 atom stereocenters. The zero-order chi connectivity index (χ0) is 14.5. The smallest absolute Gasteiger partial charge is 0.120 e. The first-order chi connectivity index (χ1) is 9.60. The van der Waals surface area contributed by atoms with Gasteiger partial charge in [0.15, 0.2) is 0 Å². The highest BCUT2D eigenvalue weighted by Gasteiger charge is 2.29. The van der Waals surface area contributed by atoms with Crippen molar-refractivity contribution in [1.82, 2.24) is 5.32 Å². The summed E-state index contributed by atoms with van der Waals surface area (Å²) >= 11 is 5.98. The average molecular weight is 296 g/mol. The van der Waals surface area contributed by atoms with Crippen molar-refractivity contribution in [2.24, 2.45) is 17.8 Å². The van der Waals surface area contributed by atoms with Crippen molar-refractivity contribution in [3.8, 4) is 5.75 Å². The molecule has 0 saturated heterocycles. The number of hydrogen-bond acceptors (Lipinski definition) is 2. The summed E-state index contributed by atoms with van der Waals surface area (Å²) in [5.41, 5.74) is 0. The van der Waals surface area contributed by atoms with Crippen molar-refractivity contribution >= 4 is 11.6 Å². The third kappa shape index (κ3) is 4.13. The molecule has 1 aromatic carbocycles. The van der Waals surface area contributed by atoms with Crippen LogP contribution in [0.4, 0.5) is 0 Å². The molecule has 0 heterocycles. The molecule has 1 N–H and O–H groups in total. The Labute approximate surface area is 127 Å².